The maximum absolute atomic E-state index is 2.46. The summed E-state index contributed by atoms with van der Waals surface area (Å²) in [6, 6.07) is 80.6. The molecule has 13 aromatic rings. The number of rotatable bonds is 4. The Hall–Kier alpha value is -7.94. The minimum absolute atomic E-state index is 1.14. The predicted octanol–water partition coefficient (Wildman–Crippen LogP) is 15.8. The van der Waals surface area contributed by atoms with Crippen molar-refractivity contribution in [2.24, 2.45) is 0 Å². The lowest BCUT2D eigenvalue weighted by Gasteiger charge is -2.17. The van der Waals surface area contributed by atoms with E-state index in [-0.39, 0.29) is 0 Å². The van der Waals surface area contributed by atoms with Crippen LogP contribution < -0.4 is 0 Å². The van der Waals surface area contributed by atoms with Crippen LogP contribution in [0.3, 0.4) is 0 Å². The van der Waals surface area contributed by atoms with Gasteiger partial charge in [-0.05, 0) is 120 Å². The highest BCUT2D eigenvalue weighted by atomic mass is 15.0. The highest BCUT2D eigenvalue weighted by Gasteiger charge is 2.19. The van der Waals surface area contributed by atoms with Crippen LogP contribution in [0.25, 0.3) is 120 Å². The van der Waals surface area contributed by atoms with Crippen LogP contribution in [0.5, 0.6) is 0 Å². The van der Waals surface area contributed by atoms with Crippen LogP contribution in [-0.4, -0.2) is 9.13 Å². The van der Waals surface area contributed by atoms with E-state index < -0.39 is 0 Å². The van der Waals surface area contributed by atoms with Crippen molar-refractivity contribution in [1.29, 1.82) is 0 Å². The van der Waals surface area contributed by atoms with E-state index >= 15 is 0 Å². The SMILES string of the molecule is c1ccc(-n2c3ccccc3c3ccc(-c4ccc5c6ccccc6n(-c6cccc(-c7cc8c9ccccc9c9ccccc9c8c8ccccc78)c6)c5c4)cc32)cc1. The molecule has 13 rings (SSSR count). The van der Waals surface area contributed by atoms with E-state index in [9.17, 15) is 0 Å². The fourth-order valence-electron chi connectivity index (χ4n) is 10.3. The topological polar surface area (TPSA) is 9.86 Å². The summed E-state index contributed by atoms with van der Waals surface area (Å²) in [5.74, 6) is 0. The highest BCUT2D eigenvalue weighted by Crippen LogP contribution is 2.44. The van der Waals surface area contributed by atoms with Crippen LogP contribution in [0, 0.1) is 0 Å². The zero-order valence-corrected chi connectivity index (χ0v) is 32.7. The Balaban J connectivity index is 1.03. The second kappa shape index (κ2) is 12.8. The van der Waals surface area contributed by atoms with E-state index in [1.807, 2.05) is 0 Å². The van der Waals surface area contributed by atoms with Crippen molar-refractivity contribution in [3.63, 3.8) is 0 Å². The monoisotopic (exact) mass is 760 g/mol. The molecule has 2 heteroatoms. The zero-order valence-electron chi connectivity index (χ0n) is 32.7. The molecule has 0 aliphatic rings. The first-order chi connectivity index (χ1) is 29.8. The van der Waals surface area contributed by atoms with E-state index in [0.717, 1.165) is 11.4 Å². The van der Waals surface area contributed by atoms with Gasteiger partial charge in [-0.15, -0.1) is 0 Å². The molecule has 60 heavy (non-hydrogen) atoms. The molecule has 0 saturated heterocycles. The molecule has 0 amide bonds. The van der Waals surface area contributed by atoms with Gasteiger partial charge in [0.05, 0.1) is 22.1 Å². The minimum atomic E-state index is 1.14. The number of hydrogen-bond donors (Lipinski definition) is 0. The van der Waals surface area contributed by atoms with Crippen molar-refractivity contribution in [2.45, 2.75) is 0 Å². The zero-order chi connectivity index (χ0) is 39.3. The molecule has 2 heterocycles. The molecule has 2 nitrogen and oxygen atoms in total. The first-order valence-electron chi connectivity index (χ1n) is 20.8. The third kappa shape index (κ3) is 4.76. The van der Waals surface area contributed by atoms with Gasteiger partial charge in [-0.2, -0.15) is 0 Å². The first-order valence-corrected chi connectivity index (χ1v) is 20.8. The van der Waals surface area contributed by atoms with E-state index in [2.05, 4.69) is 228 Å². The largest absolute Gasteiger partial charge is 0.309 e. The van der Waals surface area contributed by atoms with Gasteiger partial charge in [0.2, 0.25) is 0 Å². The highest BCUT2D eigenvalue weighted by molar-refractivity contribution is 6.33. The number of benzene rings is 11. The van der Waals surface area contributed by atoms with Crippen LogP contribution in [0.1, 0.15) is 0 Å². The van der Waals surface area contributed by atoms with Crippen LogP contribution in [0.4, 0.5) is 0 Å². The van der Waals surface area contributed by atoms with Gasteiger partial charge in [-0.25, -0.2) is 0 Å². The summed E-state index contributed by atoms with van der Waals surface area (Å²) in [6.45, 7) is 0. The van der Waals surface area contributed by atoms with Gasteiger partial charge < -0.3 is 9.13 Å². The van der Waals surface area contributed by atoms with Crippen molar-refractivity contribution in [1.82, 2.24) is 9.13 Å². The molecule has 11 aromatic carbocycles. The van der Waals surface area contributed by atoms with Gasteiger partial charge in [-0.3, -0.25) is 0 Å². The molecule has 0 N–H and O–H groups in total. The van der Waals surface area contributed by atoms with Crippen molar-refractivity contribution >= 4 is 86.7 Å². The van der Waals surface area contributed by atoms with Gasteiger partial charge in [0.25, 0.3) is 0 Å². The second-order valence-corrected chi connectivity index (χ2v) is 16.0. The molecule has 0 bridgehead atoms. The standard InChI is InChI=1S/C58H36N2/c1-2-16-40(17-3-1)59-54-27-12-10-23-46(54)48-31-29-37(34-56(48)59)38-30-32-49-47-24-11-13-28-55(47)60(57(49)35-38)41-18-14-15-39(33-41)52-36-53-44-21-5-4-19-42(44)43-20-6-8-25-50(43)58(53)51-26-9-7-22-45(51)52/h1-36H. The summed E-state index contributed by atoms with van der Waals surface area (Å²) < 4.78 is 4.86. The lowest BCUT2D eigenvalue weighted by Crippen LogP contribution is -1.95. The molecule has 2 aromatic heterocycles. The van der Waals surface area contributed by atoms with Gasteiger partial charge in [0.15, 0.2) is 0 Å². The molecule has 0 unspecified atom stereocenters. The fraction of sp³-hybridized carbons (Fsp3) is 0. The second-order valence-electron chi connectivity index (χ2n) is 16.0. The maximum Gasteiger partial charge on any atom is 0.0547 e. The molecule has 0 radical (unpaired) electrons. The smallest absolute Gasteiger partial charge is 0.0547 e. The average molecular weight is 761 g/mol. The third-order valence-electron chi connectivity index (χ3n) is 12.9. The van der Waals surface area contributed by atoms with Crippen LogP contribution >= 0.6 is 0 Å². The first kappa shape index (κ1) is 33.1. The molecule has 0 atom stereocenters. The Morgan fingerprint density at radius 1 is 0.217 bits per heavy atom. The molecule has 0 fully saturated rings. The normalized spacial score (nSPS) is 12.0. The van der Waals surface area contributed by atoms with Gasteiger partial charge in [0, 0.05) is 32.9 Å². The summed E-state index contributed by atoms with van der Waals surface area (Å²) in [5, 5.41) is 15.3. The maximum atomic E-state index is 2.46. The molecular formula is C58H36N2. The number of aromatic nitrogens is 2. The number of hydrogen-bond acceptors (Lipinski definition) is 0. The van der Waals surface area contributed by atoms with Crippen molar-refractivity contribution < 1.29 is 0 Å². The van der Waals surface area contributed by atoms with Crippen LogP contribution in [0.2, 0.25) is 0 Å². The minimum Gasteiger partial charge on any atom is -0.309 e. The van der Waals surface area contributed by atoms with Crippen molar-refractivity contribution in [3.05, 3.63) is 218 Å². The van der Waals surface area contributed by atoms with Crippen molar-refractivity contribution in [3.8, 4) is 33.6 Å². The Kier molecular flexibility index (Phi) is 7.05. The Morgan fingerprint density at radius 3 is 1.27 bits per heavy atom. The molecule has 0 spiro atoms. The summed E-state index contributed by atoms with van der Waals surface area (Å²) in [6.07, 6.45) is 0. The summed E-state index contributed by atoms with van der Waals surface area (Å²) in [7, 11) is 0. The Labute approximate surface area is 346 Å². The van der Waals surface area contributed by atoms with Crippen LogP contribution in [-0.2, 0) is 0 Å². The van der Waals surface area contributed by atoms with E-state index in [0.29, 0.717) is 0 Å². The fourth-order valence-corrected chi connectivity index (χ4v) is 10.3. The van der Waals surface area contributed by atoms with Gasteiger partial charge in [0.1, 0.15) is 0 Å². The van der Waals surface area contributed by atoms with E-state index in [4.69, 9.17) is 0 Å². The summed E-state index contributed by atoms with van der Waals surface area (Å²) in [4.78, 5) is 0. The molecule has 0 aliphatic carbocycles. The van der Waals surface area contributed by atoms with Gasteiger partial charge in [-0.1, -0.05) is 164 Å². The number of para-hydroxylation sites is 3. The Bertz CT molecular complexity index is 3880. The van der Waals surface area contributed by atoms with Crippen molar-refractivity contribution in [2.75, 3.05) is 0 Å². The number of fused-ring (bicyclic) bond motifs is 14. The molecule has 0 aliphatic heterocycles. The quantitative estimate of drug-likeness (QED) is 0.158. The summed E-state index contributed by atoms with van der Waals surface area (Å²) >= 11 is 0. The van der Waals surface area contributed by atoms with E-state index in [1.54, 1.807) is 0 Å². The van der Waals surface area contributed by atoms with Gasteiger partial charge >= 0.3 is 0 Å². The lowest BCUT2D eigenvalue weighted by molar-refractivity contribution is 1.18. The third-order valence-corrected chi connectivity index (χ3v) is 12.9. The molecular weight excluding hydrogens is 725 g/mol. The lowest BCUT2D eigenvalue weighted by atomic mass is 9.87. The van der Waals surface area contributed by atoms with Crippen LogP contribution in [0.15, 0.2) is 218 Å². The predicted molar refractivity (Wildman–Crippen MR) is 256 cm³/mol. The average Bonchev–Trinajstić information content (AvgIpc) is 3.83. The molecule has 278 valence electrons. The molecule has 0 saturated carbocycles. The Morgan fingerprint density at radius 2 is 0.650 bits per heavy atom. The van der Waals surface area contributed by atoms with E-state index in [1.165, 1.54) is 109 Å². The number of nitrogens with zero attached hydrogens (tertiary/aromatic N) is 2. The summed E-state index contributed by atoms with van der Waals surface area (Å²) in [5.41, 5.74) is 11.9.